The molecule has 1 aliphatic rings. The predicted molar refractivity (Wildman–Crippen MR) is 49.6 cm³/mol. The van der Waals surface area contributed by atoms with E-state index in [1.54, 1.807) is 18.2 Å². The molecule has 0 bridgehead atoms. The number of rotatable bonds is 3. The zero-order valence-corrected chi connectivity index (χ0v) is 7.61. The lowest BCUT2D eigenvalue weighted by Crippen LogP contribution is -2.33. The molecule has 0 aromatic heterocycles. The van der Waals surface area contributed by atoms with Gasteiger partial charge in [-0.3, -0.25) is 0 Å². The molecule has 1 aromatic rings. The summed E-state index contributed by atoms with van der Waals surface area (Å²) in [5, 5.41) is 8.92. The highest BCUT2D eigenvalue weighted by atomic mass is 19.1. The Bertz CT molecular complexity index is 346. The second-order valence-electron chi connectivity index (χ2n) is 3.66. The van der Waals surface area contributed by atoms with Gasteiger partial charge in [-0.05, 0) is 12.8 Å². The van der Waals surface area contributed by atoms with Crippen molar-refractivity contribution in [3.63, 3.8) is 0 Å². The summed E-state index contributed by atoms with van der Waals surface area (Å²) in [5.74, 6) is -1.71. The second kappa shape index (κ2) is 3.08. The van der Waals surface area contributed by atoms with Crippen LogP contribution in [-0.4, -0.2) is 11.1 Å². The summed E-state index contributed by atoms with van der Waals surface area (Å²) in [6, 6.07) is 8.14. The normalized spacial score (nSPS) is 20.1. The number of hydrogen-bond acceptors (Lipinski definition) is 1. The fourth-order valence-electron chi connectivity index (χ4n) is 1.70. The minimum atomic E-state index is -2.18. The van der Waals surface area contributed by atoms with E-state index >= 15 is 0 Å². The lowest BCUT2D eigenvalue weighted by Gasteiger charge is -2.20. The standard InChI is InChI=1S/C11H11FO2/c12-11(10(13)14,9-6-7-9)8-4-2-1-3-5-8/h1-5,9H,6-7H2,(H,13,14). The lowest BCUT2D eigenvalue weighted by molar-refractivity contribution is -0.153. The molecule has 0 spiro atoms. The van der Waals surface area contributed by atoms with Gasteiger partial charge in [-0.2, -0.15) is 0 Å². The molecule has 1 fully saturated rings. The molecular formula is C11H11FO2. The average molecular weight is 194 g/mol. The molecule has 0 amide bonds. The third-order valence-corrected chi connectivity index (χ3v) is 2.65. The fourth-order valence-corrected chi connectivity index (χ4v) is 1.70. The van der Waals surface area contributed by atoms with Crippen molar-refractivity contribution in [2.24, 2.45) is 5.92 Å². The molecule has 1 saturated carbocycles. The Hall–Kier alpha value is -1.38. The third-order valence-electron chi connectivity index (χ3n) is 2.65. The van der Waals surface area contributed by atoms with Crippen LogP contribution in [0.2, 0.25) is 0 Å². The van der Waals surface area contributed by atoms with E-state index in [0.717, 1.165) is 0 Å². The van der Waals surface area contributed by atoms with Crippen LogP contribution in [0.1, 0.15) is 18.4 Å². The Morgan fingerprint density at radius 3 is 2.36 bits per heavy atom. The molecule has 1 atom stereocenters. The van der Waals surface area contributed by atoms with Crippen molar-refractivity contribution >= 4 is 5.97 Å². The van der Waals surface area contributed by atoms with E-state index in [9.17, 15) is 9.18 Å². The van der Waals surface area contributed by atoms with E-state index in [0.29, 0.717) is 12.8 Å². The lowest BCUT2D eigenvalue weighted by atomic mass is 9.91. The van der Waals surface area contributed by atoms with E-state index in [-0.39, 0.29) is 11.5 Å². The van der Waals surface area contributed by atoms with Gasteiger partial charge in [-0.25, -0.2) is 9.18 Å². The molecule has 3 heteroatoms. The molecule has 2 rings (SSSR count). The van der Waals surface area contributed by atoms with Gasteiger partial charge in [-0.15, -0.1) is 0 Å². The van der Waals surface area contributed by atoms with Gasteiger partial charge in [0.1, 0.15) is 0 Å². The summed E-state index contributed by atoms with van der Waals surface area (Å²) in [5.41, 5.74) is -1.92. The van der Waals surface area contributed by atoms with E-state index < -0.39 is 11.6 Å². The summed E-state index contributed by atoms with van der Waals surface area (Å²) in [4.78, 5) is 10.9. The highest BCUT2D eigenvalue weighted by Crippen LogP contribution is 2.48. The summed E-state index contributed by atoms with van der Waals surface area (Å²) in [6.45, 7) is 0. The van der Waals surface area contributed by atoms with Gasteiger partial charge in [0, 0.05) is 11.5 Å². The van der Waals surface area contributed by atoms with Gasteiger partial charge in [0.15, 0.2) is 0 Å². The van der Waals surface area contributed by atoms with Crippen molar-refractivity contribution < 1.29 is 14.3 Å². The summed E-state index contributed by atoms with van der Waals surface area (Å²) in [7, 11) is 0. The third kappa shape index (κ3) is 1.29. The number of benzene rings is 1. The number of carboxylic acids is 1. The largest absolute Gasteiger partial charge is 0.479 e. The van der Waals surface area contributed by atoms with E-state index in [2.05, 4.69) is 0 Å². The molecule has 0 aliphatic heterocycles. The van der Waals surface area contributed by atoms with Crippen LogP contribution in [0.25, 0.3) is 0 Å². The summed E-state index contributed by atoms with van der Waals surface area (Å²) in [6.07, 6.45) is 1.33. The van der Waals surface area contributed by atoms with Crippen LogP contribution in [-0.2, 0) is 10.5 Å². The summed E-state index contributed by atoms with van der Waals surface area (Å²) >= 11 is 0. The Balaban J connectivity index is 2.41. The first-order chi connectivity index (χ1) is 6.65. The first kappa shape index (κ1) is 9.19. The minimum absolute atomic E-state index is 0.259. The Morgan fingerprint density at radius 1 is 1.36 bits per heavy atom. The smallest absolute Gasteiger partial charge is 0.346 e. The second-order valence-corrected chi connectivity index (χ2v) is 3.66. The molecular weight excluding hydrogens is 183 g/mol. The van der Waals surface area contributed by atoms with Crippen LogP contribution in [0.3, 0.4) is 0 Å². The minimum Gasteiger partial charge on any atom is -0.479 e. The van der Waals surface area contributed by atoms with Gasteiger partial charge in [0.05, 0.1) is 0 Å². The Kier molecular flexibility index (Phi) is 2.02. The fraction of sp³-hybridized carbons (Fsp3) is 0.364. The van der Waals surface area contributed by atoms with Crippen molar-refractivity contribution in [2.45, 2.75) is 18.5 Å². The predicted octanol–water partition coefficient (Wildman–Crippen LogP) is 2.35. The molecule has 1 unspecified atom stereocenters. The molecule has 1 aliphatic carbocycles. The number of hydrogen-bond donors (Lipinski definition) is 1. The van der Waals surface area contributed by atoms with Crippen molar-refractivity contribution in [1.29, 1.82) is 0 Å². The van der Waals surface area contributed by atoms with E-state index in [1.807, 2.05) is 0 Å². The highest BCUT2D eigenvalue weighted by Gasteiger charge is 2.53. The van der Waals surface area contributed by atoms with E-state index in [4.69, 9.17) is 5.11 Å². The van der Waals surface area contributed by atoms with Gasteiger partial charge in [0.25, 0.3) is 0 Å². The SMILES string of the molecule is O=C(O)C(F)(c1ccccc1)C1CC1. The number of aliphatic carboxylic acids is 1. The van der Waals surface area contributed by atoms with Crippen LogP contribution >= 0.6 is 0 Å². The molecule has 2 nitrogen and oxygen atoms in total. The number of halogens is 1. The van der Waals surface area contributed by atoms with Crippen LogP contribution in [0.5, 0.6) is 0 Å². The van der Waals surface area contributed by atoms with Gasteiger partial charge in [-0.1, -0.05) is 30.3 Å². The van der Waals surface area contributed by atoms with Crippen LogP contribution in [0.4, 0.5) is 4.39 Å². The van der Waals surface area contributed by atoms with Crippen molar-refractivity contribution in [1.82, 2.24) is 0 Å². The molecule has 0 radical (unpaired) electrons. The Labute approximate surface area is 81.4 Å². The first-order valence-corrected chi connectivity index (χ1v) is 4.63. The van der Waals surface area contributed by atoms with Crippen LogP contribution < -0.4 is 0 Å². The Morgan fingerprint density at radius 2 is 1.93 bits per heavy atom. The highest BCUT2D eigenvalue weighted by molar-refractivity contribution is 5.80. The van der Waals surface area contributed by atoms with Gasteiger partial charge in [0.2, 0.25) is 5.67 Å². The zero-order chi connectivity index (χ0) is 10.2. The molecule has 14 heavy (non-hydrogen) atoms. The zero-order valence-electron chi connectivity index (χ0n) is 7.61. The monoisotopic (exact) mass is 194 g/mol. The maximum atomic E-state index is 14.2. The van der Waals surface area contributed by atoms with Gasteiger partial charge >= 0.3 is 5.97 Å². The van der Waals surface area contributed by atoms with E-state index in [1.165, 1.54) is 12.1 Å². The maximum Gasteiger partial charge on any atom is 0.346 e. The van der Waals surface area contributed by atoms with Gasteiger partial charge < -0.3 is 5.11 Å². The summed E-state index contributed by atoms with van der Waals surface area (Å²) < 4.78 is 14.2. The molecule has 0 heterocycles. The van der Waals surface area contributed by atoms with Crippen molar-refractivity contribution in [3.8, 4) is 0 Å². The number of carbonyl (C=O) groups is 1. The number of alkyl halides is 1. The molecule has 1 N–H and O–H groups in total. The van der Waals surface area contributed by atoms with Crippen LogP contribution in [0.15, 0.2) is 30.3 Å². The topological polar surface area (TPSA) is 37.3 Å². The average Bonchev–Trinajstić information content (AvgIpc) is 3.01. The van der Waals surface area contributed by atoms with Crippen molar-refractivity contribution in [3.05, 3.63) is 35.9 Å². The quantitative estimate of drug-likeness (QED) is 0.801. The molecule has 74 valence electrons. The van der Waals surface area contributed by atoms with Crippen molar-refractivity contribution in [2.75, 3.05) is 0 Å². The van der Waals surface area contributed by atoms with Crippen LogP contribution in [0, 0.1) is 5.92 Å². The molecule has 1 aromatic carbocycles. The first-order valence-electron chi connectivity index (χ1n) is 4.63. The number of carboxylic acid groups (broad SMARTS) is 1. The maximum absolute atomic E-state index is 14.2. The molecule has 0 saturated heterocycles.